The zero-order chi connectivity index (χ0) is 19.2. The molecular weight excluding hydrogens is 346 g/mol. The first-order chi connectivity index (χ1) is 13.1. The normalized spacial score (nSPS) is 29.0. The summed E-state index contributed by atoms with van der Waals surface area (Å²) in [7, 11) is 0. The molecule has 0 bridgehead atoms. The number of hydrogen-bond acceptors (Lipinski definition) is 2. The average molecular weight is 376 g/mol. The van der Waals surface area contributed by atoms with Crippen molar-refractivity contribution in [2.75, 3.05) is 0 Å². The summed E-state index contributed by atoms with van der Waals surface area (Å²) < 4.78 is 31.5. The zero-order valence-electron chi connectivity index (χ0n) is 16.1. The fourth-order valence-electron chi connectivity index (χ4n) is 4.79. The highest BCUT2D eigenvalue weighted by Gasteiger charge is 2.33. The molecule has 0 aromatic heterocycles. The van der Waals surface area contributed by atoms with Crippen LogP contribution in [0.15, 0.2) is 30.4 Å². The predicted octanol–water partition coefficient (Wildman–Crippen LogP) is 6.45. The molecule has 0 amide bonds. The molecule has 2 fully saturated rings. The lowest BCUT2D eigenvalue weighted by atomic mass is 9.69. The first-order valence-electron chi connectivity index (χ1n) is 10.3. The van der Waals surface area contributed by atoms with Gasteiger partial charge < -0.3 is 4.74 Å². The second kappa shape index (κ2) is 9.48. The summed E-state index contributed by atoms with van der Waals surface area (Å²) in [5, 5.41) is 0. The number of halogens is 2. The Morgan fingerprint density at radius 1 is 1.00 bits per heavy atom. The molecule has 2 saturated carbocycles. The Kier molecular flexibility index (Phi) is 7.03. The number of benzene rings is 1. The summed E-state index contributed by atoms with van der Waals surface area (Å²) in [6.45, 7) is 2.08. The van der Waals surface area contributed by atoms with E-state index in [1.54, 1.807) is 0 Å². The van der Waals surface area contributed by atoms with Gasteiger partial charge in [0.25, 0.3) is 0 Å². The number of esters is 1. The number of ether oxygens (including phenoxy) is 1. The monoisotopic (exact) mass is 376 g/mol. The van der Waals surface area contributed by atoms with Crippen LogP contribution in [-0.2, 0) is 4.79 Å². The van der Waals surface area contributed by atoms with Crippen LogP contribution in [0.4, 0.5) is 8.78 Å². The van der Waals surface area contributed by atoms with Crippen molar-refractivity contribution in [3.05, 3.63) is 42.0 Å². The van der Waals surface area contributed by atoms with Crippen LogP contribution < -0.4 is 4.74 Å². The Balaban J connectivity index is 1.43. The molecule has 0 N–H and O–H groups in total. The number of carbonyl (C=O) groups is 1. The van der Waals surface area contributed by atoms with Crippen molar-refractivity contribution in [1.29, 1.82) is 0 Å². The van der Waals surface area contributed by atoms with Crippen molar-refractivity contribution in [2.45, 2.75) is 64.7 Å². The van der Waals surface area contributed by atoms with Crippen molar-refractivity contribution in [3.8, 4) is 5.75 Å². The smallest absolute Gasteiger partial charge is 0.314 e. The molecule has 0 aliphatic heterocycles. The quantitative estimate of drug-likeness (QED) is 0.335. The number of hydrogen-bond donors (Lipinski definition) is 0. The lowest BCUT2D eigenvalue weighted by molar-refractivity contribution is -0.140. The highest BCUT2D eigenvalue weighted by atomic mass is 19.2. The molecular formula is C23H30F2O2. The number of carbonyl (C=O) groups excluding carboxylic acids is 1. The molecule has 3 rings (SSSR count). The van der Waals surface area contributed by atoms with Crippen LogP contribution in [0.25, 0.3) is 0 Å². The summed E-state index contributed by atoms with van der Waals surface area (Å²) in [5.41, 5.74) is 0. The Bertz CT molecular complexity index is 654. The Morgan fingerprint density at radius 3 is 2.22 bits per heavy atom. The standard InChI is InChI=1S/C23H30F2O2/c1-2-3-4-16-5-7-17(8-6-16)18-9-11-19(12-10-18)23(26)27-20-13-14-21(24)22(25)15-20/h2-3,13-19H,4-12H2,1H3/b3-2+. The van der Waals surface area contributed by atoms with Gasteiger partial charge in [0.05, 0.1) is 5.92 Å². The second-order valence-corrected chi connectivity index (χ2v) is 8.19. The fourth-order valence-corrected chi connectivity index (χ4v) is 4.79. The van der Waals surface area contributed by atoms with Crippen LogP contribution in [0.5, 0.6) is 5.75 Å². The maximum Gasteiger partial charge on any atom is 0.314 e. The minimum Gasteiger partial charge on any atom is -0.426 e. The van der Waals surface area contributed by atoms with E-state index in [1.807, 2.05) is 0 Å². The minimum absolute atomic E-state index is 0.0838. The van der Waals surface area contributed by atoms with Crippen LogP contribution in [0, 0.1) is 35.3 Å². The predicted molar refractivity (Wildman–Crippen MR) is 102 cm³/mol. The third-order valence-corrected chi connectivity index (χ3v) is 6.48. The van der Waals surface area contributed by atoms with Crippen LogP contribution in [0.1, 0.15) is 64.7 Å². The van der Waals surface area contributed by atoms with E-state index in [2.05, 4.69) is 19.1 Å². The highest BCUT2D eigenvalue weighted by molar-refractivity contribution is 5.75. The summed E-state index contributed by atoms with van der Waals surface area (Å²) >= 11 is 0. The molecule has 0 radical (unpaired) electrons. The average Bonchev–Trinajstić information content (AvgIpc) is 2.70. The Hall–Kier alpha value is -1.71. The van der Waals surface area contributed by atoms with E-state index >= 15 is 0 Å². The fraction of sp³-hybridized carbons (Fsp3) is 0.609. The van der Waals surface area contributed by atoms with Gasteiger partial charge in [-0.25, -0.2) is 8.78 Å². The molecule has 1 aromatic rings. The first kappa shape index (κ1) is 20.0. The largest absolute Gasteiger partial charge is 0.426 e. The lowest BCUT2D eigenvalue weighted by Crippen LogP contribution is -2.30. The van der Waals surface area contributed by atoms with Crippen LogP contribution in [0.3, 0.4) is 0 Å². The van der Waals surface area contributed by atoms with Gasteiger partial charge in [-0.3, -0.25) is 4.79 Å². The van der Waals surface area contributed by atoms with Gasteiger partial charge in [0, 0.05) is 6.07 Å². The Labute approximate surface area is 161 Å². The van der Waals surface area contributed by atoms with Crippen molar-refractivity contribution >= 4 is 5.97 Å². The van der Waals surface area contributed by atoms with Crippen LogP contribution in [0.2, 0.25) is 0 Å². The van der Waals surface area contributed by atoms with Crippen LogP contribution in [-0.4, -0.2) is 5.97 Å². The molecule has 0 saturated heterocycles. The molecule has 4 heteroatoms. The number of rotatable bonds is 5. The van der Waals surface area contributed by atoms with E-state index in [0.29, 0.717) is 0 Å². The molecule has 0 heterocycles. The van der Waals surface area contributed by atoms with E-state index in [9.17, 15) is 13.6 Å². The summed E-state index contributed by atoms with van der Waals surface area (Å²) in [6.07, 6.45) is 14.8. The lowest BCUT2D eigenvalue weighted by Gasteiger charge is -2.37. The van der Waals surface area contributed by atoms with Gasteiger partial charge in [-0.05, 0) is 94.6 Å². The van der Waals surface area contributed by atoms with Crippen molar-refractivity contribution in [2.24, 2.45) is 23.7 Å². The zero-order valence-corrected chi connectivity index (χ0v) is 16.1. The minimum atomic E-state index is -0.992. The van der Waals surface area contributed by atoms with Crippen molar-refractivity contribution < 1.29 is 18.3 Å². The second-order valence-electron chi connectivity index (χ2n) is 8.19. The third-order valence-electron chi connectivity index (χ3n) is 6.48. The van der Waals surface area contributed by atoms with Gasteiger partial charge in [0.2, 0.25) is 0 Å². The molecule has 1 aromatic carbocycles. The first-order valence-corrected chi connectivity index (χ1v) is 10.3. The van der Waals surface area contributed by atoms with Gasteiger partial charge in [-0.2, -0.15) is 0 Å². The van der Waals surface area contributed by atoms with Crippen molar-refractivity contribution in [3.63, 3.8) is 0 Å². The van der Waals surface area contributed by atoms with E-state index < -0.39 is 11.6 Å². The highest BCUT2D eigenvalue weighted by Crippen LogP contribution is 2.42. The molecule has 27 heavy (non-hydrogen) atoms. The van der Waals surface area contributed by atoms with Gasteiger partial charge >= 0.3 is 5.97 Å². The molecule has 0 spiro atoms. The number of allylic oxidation sites excluding steroid dienone is 2. The van der Waals surface area contributed by atoms with E-state index in [-0.39, 0.29) is 17.6 Å². The van der Waals surface area contributed by atoms with E-state index in [4.69, 9.17) is 4.74 Å². The van der Waals surface area contributed by atoms with Crippen LogP contribution >= 0.6 is 0 Å². The van der Waals surface area contributed by atoms with E-state index in [0.717, 1.165) is 55.6 Å². The SMILES string of the molecule is C/C=C/CC1CCC(C2CCC(C(=O)Oc3ccc(F)c(F)c3)CC2)CC1. The molecule has 0 atom stereocenters. The molecule has 0 unspecified atom stereocenters. The van der Waals surface area contributed by atoms with Gasteiger partial charge in [0.15, 0.2) is 11.6 Å². The molecule has 2 aliphatic carbocycles. The van der Waals surface area contributed by atoms with Crippen molar-refractivity contribution in [1.82, 2.24) is 0 Å². The maximum atomic E-state index is 13.3. The molecule has 2 nitrogen and oxygen atoms in total. The summed E-state index contributed by atoms with van der Waals surface area (Å²) in [6, 6.07) is 3.22. The summed E-state index contributed by atoms with van der Waals surface area (Å²) in [4.78, 5) is 12.3. The van der Waals surface area contributed by atoms with E-state index in [1.165, 1.54) is 38.2 Å². The molecule has 148 valence electrons. The topological polar surface area (TPSA) is 26.3 Å². The van der Waals surface area contributed by atoms with Gasteiger partial charge in [-0.15, -0.1) is 0 Å². The summed E-state index contributed by atoms with van der Waals surface area (Å²) in [5.74, 6) is 0.0926. The maximum absolute atomic E-state index is 13.3. The third kappa shape index (κ3) is 5.40. The van der Waals surface area contributed by atoms with Gasteiger partial charge in [-0.1, -0.05) is 12.2 Å². The van der Waals surface area contributed by atoms with Gasteiger partial charge in [0.1, 0.15) is 5.75 Å². The molecule has 2 aliphatic rings. The Morgan fingerprint density at radius 2 is 1.63 bits per heavy atom.